The third-order valence-corrected chi connectivity index (χ3v) is 4.71. The van der Waals surface area contributed by atoms with Crippen LogP contribution in [0.3, 0.4) is 0 Å². The van der Waals surface area contributed by atoms with E-state index in [-0.39, 0.29) is 5.91 Å². The summed E-state index contributed by atoms with van der Waals surface area (Å²) >= 11 is 0. The zero-order chi connectivity index (χ0) is 14.8. The van der Waals surface area contributed by atoms with Crippen LogP contribution < -0.4 is 15.8 Å². The summed E-state index contributed by atoms with van der Waals surface area (Å²) in [5.74, 6) is 2.03. The number of nitrogens with zero attached hydrogens (tertiary/aromatic N) is 1. The Balaban J connectivity index is 1.53. The molecule has 1 amide bonds. The number of anilines is 1. The summed E-state index contributed by atoms with van der Waals surface area (Å²) in [6.07, 6.45) is 2.35. The molecular weight excluding hydrogens is 266 g/mol. The van der Waals surface area contributed by atoms with Crippen LogP contribution in [-0.2, 0) is 4.79 Å². The van der Waals surface area contributed by atoms with Gasteiger partial charge in [0.2, 0.25) is 5.91 Å². The number of hydrogen-bond donors (Lipinski definition) is 2. The highest BCUT2D eigenvalue weighted by Crippen LogP contribution is 2.36. The van der Waals surface area contributed by atoms with E-state index in [1.807, 2.05) is 24.3 Å². The molecule has 1 aromatic carbocycles. The van der Waals surface area contributed by atoms with Gasteiger partial charge in [-0.25, -0.2) is 0 Å². The van der Waals surface area contributed by atoms with Gasteiger partial charge in [0.05, 0.1) is 13.7 Å². The maximum absolute atomic E-state index is 12.1. The molecule has 3 N–H and O–H groups in total. The molecule has 21 heavy (non-hydrogen) atoms. The van der Waals surface area contributed by atoms with Gasteiger partial charge in [0.25, 0.3) is 0 Å². The molecule has 114 valence electrons. The van der Waals surface area contributed by atoms with Crippen molar-refractivity contribution >= 4 is 11.6 Å². The quantitative estimate of drug-likeness (QED) is 0.877. The molecule has 1 aliphatic carbocycles. The van der Waals surface area contributed by atoms with Gasteiger partial charge >= 0.3 is 0 Å². The van der Waals surface area contributed by atoms with Crippen LogP contribution >= 0.6 is 0 Å². The SMILES string of the molecule is COc1cccc(NC(=O)CN2CC3CCC(N)C3C2)c1. The second-order valence-corrected chi connectivity index (χ2v) is 6.14. The van der Waals surface area contributed by atoms with E-state index < -0.39 is 0 Å². The monoisotopic (exact) mass is 289 g/mol. The van der Waals surface area contributed by atoms with E-state index in [0.29, 0.717) is 24.4 Å². The second-order valence-electron chi connectivity index (χ2n) is 6.14. The lowest BCUT2D eigenvalue weighted by Gasteiger charge is -2.18. The number of nitrogens with two attached hydrogens (primary N) is 1. The first-order chi connectivity index (χ1) is 10.2. The molecule has 1 aromatic rings. The molecule has 5 heteroatoms. The van der Waals surface area contributed by atoms with Crippen molar-refractivity contribution in [3.05, 3.63) is 24.3 Å². The number of benzene rings is 1. The van der Waals surface area contributed by atoms with Crippen molar-refractivity contribution in [3.8, 4) is 5.75 Å². The maximum atomic E-state index is 12.1. The summed E-state index contributed by atoms with van der Waals surface area (Å²) in [7, 11) is 1.62. The minimum absolute atomic E-state index is 0.0248. The molecule has 0 spiro atoms. The van der Waals surface area contributed by atoms with E-state index in [9.17, 15) is 4.79 Å². The second kappa shape index (κ2) is 6.03. The van der Waals surface area contributed by atoms with Crippen LogP contribution in [0.1, 0.15) is 12.8 Å². The van der Waals surface area contributed by atoms with Gasteiger partial charge in [-0.2, -0.15) is 0 Å². The number of fused-ring (bicyclic) bond motifs is 1. The minimum Gasteiger partial charge on any atom is -0.497 e. The predicted octanol–water partition coefficient (Wildman–Crippen LogP) is 1.30. The molecule has 1 heterocycles. The molecule has 1 saturated carbocycles. The summed E-state index contributed by atoms with van der Waals surface area (Å²) in [4.78, 5) is 14.4. The van der Waals surface area contributed by atoms with Crippen molar-refractivity contribution in [2.75, 3.05) is 32.1 Å². The third-order valence-electron chi connectivity index (χ3n) is 4.71. The van der Waals surface area contributed by atoms with Gasteiger partial charge in [-0.3, -0.25) is 9.69 Å². The first-order valence-electron chi connectivity index (χ1n) is 7.57. The zero-order valence-electron chi connectivity index (χ0n) is 12.4. The van der Waals surface area contributed by atoms with Gasteiger partial charge < -0.3 is 15.8 Å². The largest absolute Gasteiger partial charge is 0.497 e. The van der Waals surface area contributed by atoms with Crippen LogP contribution in [0.15, 0.2) is 24.3 Å². The molecule has 0 radical (unpaired) electrons. The lowest BCUT2D eigenvalue weighted by atomic mass is 9.98. The van der Waals surface area contributed by atoms with Gasteiger partial charge in [-0.05, 0) is 36.8 Å². The molecule has 0 bridgehead atoms. The number of ether oxygens (including phenoxy) is 1. The Morgan fingerprint density at radius 2 is 2.29 bits per heavy atom. The Morgan fingerprint density at radius 1 is 1.43 bits per heavy atom. The number of amides is 1. The summed E-state index contributed by atoms with van der Waals surface area (Å²) in [6, 6.07) is 7.75. The van der Waals surface area contributed by atoms with E-state index in [4.69, 9.17) is 10.5 Å². The molecule has 1 aliphatic heterocycles. The molecule has 0 aromatic heterocycles. The Morgan fingerprint density at radius 3 is 3.05 bits per heavy atom. The highest BCUT2D eigenvalue weighted by atomic mass is 16.5. The van der Waals surface area contributed by atoms with Crippen molar-refractivity contribution in [1.82, 2.24) is 4.90 Å². The molecule has 3 rings (SSSR count). The van der Waals surface area contributed by atoms with Crippen LogP contribution in [-0.4, -0.2) is 43.6 Å². The van der Waals surface area contributed by atoms with Gasteiger partial charge in [-0.15, -0.1) is 0 Å². The standard InChI is InChI=1S/C16H23N3O2/c1-21-13-4-2-3-12(7-13)18-16(20)10-19-8-11-5-6-15(17)14(11)9-19/h2-4,7,11,14-15H,5-6,8-10,17H2,1H3,(H,18,20). The number of methoxy groups -OCH3 is 1. The Bertz CT molecular complexity index is 520. The first-order valence-corrected chi connectivity index (χ1v) is 7.57. The van der Waals surface area contributed by atoms with Crippen LogP contribution in [0.2, 0.25) is 0 Å². The number of carbonyl (C=O) groups excluding carboxylic acids is 1. The number of hydrogen-bond acceptors (Lipinski definition) is 4. The average molecular weight is 289 g/mol. The van der Waals surface area contributed by atoms with Gasteiger partial charge in [0, 0.05) is 30.9 Å². The summed E-state index contributed by atoms with van der Waals surface area (Å²) in [5, 5.41) is 2.93. The Labute approximate surface area is 125 Å². The van der Waals surface area contributed by atoms with Crippen molar-refractivity contribution in [2.45, 2.75) is 18.9 Å². The van der Waals surface area contributed by atoms with Crippen LogP contribution in [0.25, 0.3) is 0 Å². The van der Waals surface area contributed by atoms with E-state index in [1.54, 1.807) is 7.11 Å². The number of rotatable bonds is 4. The molecule has 1 saturated heterocycles. The fourth-order valence-electron chi connectivity index (χ4n) is 3.63. The first kappa shape index (κ1) is 14.4. The van der Waals surface area contributed by atoms with E-state index in [1.165, 1.54) is 6.42 Å². The number of likely N-dealkylation sites (tertiary alicyclic amines) is 1. The van der Waals surface area contributed by atoms with Gasteiger partial charge in [-0.1, -0.05) is 6.07 Å². The summed E-state index contributed by atoms with van der Waals surface area (Å²) in [5.41, 5.74) is 6.90. The highest BCUT2D eigenvalue weighted by molar-refractivity contribution is 5.92. The fraction of sp³-hybridized carbons (Fsp3) is 0.562. The fourth-order valence-corrected chi connectivity index (χ4v) is 3.63. The topological polar surface area (TPSA) is 67.6 Å². The normalized spacial score (nSPS) is 28.4. The maximum Gasteiger partial charge on any atom is 0.238 e. The molecule has 3 unspecified atom stereocenters. The zero-order valence-corrected chi connectivity index (χ0v) is 12.4. The molecular formula is C16H23N3O2. The Hall–Kier alpha value is -1.59. The van der Waals surface area contributed by atoms with E-state index >= 15 is 0 Å². The lowest BCUT2D eigenvalue weighted by molar-refractivity contribution is -0.117. The third kappa shape index (κ3) is 3.19. The van der Waals surface area contributed by atoms with Crippen molar-refractivity contribution in [1.29, 1.82) is 0 Å². The number of nitrogens with one attached hydrogen (secondary N) is 1. The smallest absolute Gasteiger partial charge is 0.238 e. The van der Waals surface area contributed by atoms with Gasteiger partial charge in [0.1, 0.15) is 5.75 Å². The van der Waals surface area contributed by atoms with E-state index in [0.717, 1.165) is 30.9 Å². The van der Waals surface area contributed by atoms with Crippen LogP contribution in [0.5, 0.6) is 5.75 Å². The number of carbonyl (C=O) groups is 1. The average Bonchev–Trinajstić information content (AvgIpc) is 3.01. The molecule has 2 fully saturated rings. The molecule has 5 nitrogen and oxygen atoms in total. The van der Waals surface area contributed by atoms with Crippen molar-refractivity contribution < 1.29 is 9.53 Å². The van der Waals surface area contributed by atoms with Crippen LogP contribution in [0.4, 0.5) is 5.69 Å². The minimum atomic E-state index is 0.0248. The van der Waals surface area contributed by atoms with Crippen LogP contribution in [0, 0.1) is 11.8 Å². The highest BCUT2D eigenvalue weighted by Gasteiger charge is 2.41. The summed E-state index contributed by atoms with van der Waals surface area (Å²) in [6.45, 7) is 2.40. The van der Waals surface area contributed by atoms with Crippen molar-refractivity contribution in [3.63, 3.8) is 0 Å². The predicted molar refractivity (Wildman–Crippen MR) is 82.3 cm³/mol. The van der Waals surface area contributed by atoms with E-state index in [2.05, 4.69) is 10.2 Å². The molecule has 2 aliphatic rings. The lowest BCUT2D eigenvalue weighted by Crippen LogP contribution is -2.34. The summed E-state index contributed by atoms with van der Waals surface area (Å²) < 4.78 is 5.16. The Kier molecular flexibility index (Phi) is 4.12. The van der Waals surface area contributed by atoms with Gasteiger partial charge in [0.15, 0.2) is 0 Å². The molecule has 3 atom stereocenters. The van der Waals surface area contributed by atoms with Crippen molar-refractivity contribution in [2.24, 2.45) is 17.6 Å².